The fourth-order valence-corrected chi connectivity index (χ4v) is 2.06. The molecular weight excluding hydrogens is 266 g/mol. The zero-order chi connectivity index (χ0) is 15.2. The van der Waals surface area contributed by atoms with Crippen LogP contribution >= 0.6 is 0 Å². The van der Waals surface area contributed by atoms with Gasteiger partial charge in [-0.2, -0.15) is 5.26 Å². The van der Waals surface area contributed by atoms with Crippen LogP contribution in [0.5, 0.6) is 0 Å². The maximum Gasteiger partial charge on any atom is 0.289 e. The Kier molecular flexibility index (Phi) is 4.75. The van der Waals surface area contributed by atoms with Gasteiger partial charge in [0.05, 0.1) is 18.2 Å². The molecular formula is C16H17N3O2. The summed E-state index contributed by atoms with van der Waals surface area (Å²) in [5.74, 6) is 0.642. The van der Waals surface area contributed by atoms with Crippen LogP contribution in [0.4, 0.5) is 0 Å². The van der Waals surface area contributed by atoms with Gasteiger partial charge in [0.2, 0.25) is 0 Å². The summed E-state index contributed by atoms with van der Waals surface area (Å²) in [6.07, 6.45) is 0. The van der Waals surface area contributed by atoms with Crippen molar-refractivity contribution in [3.8, 4) is 6.07 Å². The second kappa shape index (κ2) is 6.73. The molecule has 108 valence electrons. The summed E-state index contributed by atoms with van der Waals surface area (Å²) in [7, 11) is 0. The minimum atomic E-state index is -0.204. The lowest BCUT2D eigenvalue weighted by Gasteiger charge is -2.20. The maximum atomic E-state index is 12.4. The molecule has 0 aliphatic heterocycles. The number of nitrogens with two attached hydrogens (primary N) is 1. The van der Waals surface area contributed by atoms with Gasteiger partial charge in [-0.25, -0.2) is 0 Å². The third-order valence-electron chi connectivity index (χ3n) is 3.24. The summed E-state index contributed by atoms with van der Waals surface area (Å²) in [6, 6.07) is 12.7. The molecule has 1 aromatic carbocycles. The van der Waals surface area contributed by atoms with Gasteiger partial charge in [0.1, 0.15) is 5.76 Å². The van der Waals surface area contributed by atoms with Crippen molar-refractivity contribution in [3.05, 3.63) is 59.0 Å². The molecule has 0 unspecified atom stereocenters. The summed E-state index contributed by atoms with van der Waals surface area (Å²) < 4.78 is 5.39. The van der Waals surface area contributed by atoms with Crippen LogP contribution in [0.3, 0.4) is 0 Å². The number of furan rings is 1. The minimum absolute atomic E-state index is 0.204. The van der Waals surface area contributed by atoms with Gasteiger partial charge >= 0.3 is 0 Å². The molecule has 0 saturated carbocycles. The van der Waals surface area contributed by atoms with E-state index < -0.39 is 0 Å². The molecule has 1 heterocycles. The fraction of sp³-hybridized carbons (Fsp3) is 0.250. The highest BCUT2D eigenvalue weighted by atomic mass is 16.4. The monoisotopic (exact) mass is 283 g/mol. The van der Waals surface area contributed by atoms with Crippen LogP contribution in [0.25, 0.3) is 0 Å². The maximum absolute atomic E-state index is 12.4. The van der Waals surface area contributed by atoms with Gasteiger partial charge in [-0.05, 0) is 30.7 Å². The second-order valence-corrected chi connectivity index (χ2v) is 4.56. The summed E-state index contributed by atoms with van der Waals surface area (Å²) in [6.45, 7) is 3.05. The molecule has 5 heteroatoms. The summed E-state index contributed by atoms with van der Waals surface area (Å²) in [5.41, 5.74) is 6.87. The van der Waals surface area contributed by atoms with Crippen molar-refractivity contribution in [2.75, 3.05) is 6.54 Å². The van der Waals surface area contributed by atoms with Crippen LogP contribution in [-0.4, -0.2) is 17.4 Å². The molecule has 1 amide bonds. The standard InChI is InChI=1S/C16H17N3O2/c1-2-19(11-13-6-4-3-5-12(13)9-17)16(20)15-8-7-14(10-18)21-15/h3-8H,2,10-11,18H2,1H3. The molecule has 0 radical (unpaired) electrons. The Morgan fingerprint density at radius 1 is 1.33 bits per heavy atom. The lowest BCUT2D eigenvalue weighted by molar-refractivity contribution is 0.0718. The second-order valence-electron chi connectivity index (χ2n) is 4.56. The average molecular weight is 283 g/mol. The largest absolute Gasteiger partial charge is 0.455 e. The SMILES string of the molecule is CCN(Cc1ccccc1C#N)C(=O)c1ccc(CN)o1. The molecule has 0 aliphatic rings. The first-order valence-electron chi connectivity index (χ1n) is 6.75. The minimum Gasteiger partial charge on any atom is -0.455 e. The molecule has 0 aliphatic carbocycles. The van der Waals surface area contributed by atoms with Gasteiger partial charge < -0.3 is 15.1 Å². The number of nitriles is 1. The summed E-state index contributed by atoms with van der Waals surface area (Å²) >= 11 is 0. The highest BCUT2D eigenvalue weighted by molar-refractivity contribution is 5.91. The van der Waals surface area contributed by atoms with E-state index in [1.54, 1.807) is 29.2 Å². The van der Waals surface area contributed by atoms with Crippen LogP contribution in [-0.2, 0) is 13.1 Å². The number of carbonyl (C=O) groups excluding carboxylic acids is 1. The van der Waals surface area contributed by atoms with Crippen LogP contribution in [0, 0.1) is 11.3 Å². The third kappa shape index (κ3) is 3.30. The van der Waals surface area contributed by atoms with Gasteiger partial charge in [-0.3, -0.25) is 4.79 Å². The smallest absolute Gasteiger partial charge is 0.289 e. The first-order chi connectivity index (χ1) is 10.2. The predicted octanol–water partition coefficient (Wildman–Crippen LogP) is 2.27. The molecule has 0 bridgehead atoms. The number of nitrogens with zero attached hydrogens (tertiary/aromatic N) is 2. The highest BCUT2D eigenvalue weighted by Gasteiger charge is 2.19. The van der Waals surface area contributed by atoms with E-state index in [2.05, 4.69) is 6.07 Å². The van der Waals surface area contributed by atoms with Crippen molar-refractivity contribution in [2.45, 2.75) is 20.0 Å². The van der Waals surface area contributed by atoms with Gasteiger partial charge in [0, 0.05) is 13.1 Å². The lowest BCUT2D eigenvalue weighted by atomic mass is 10.1. The molecule has 21 heavy (non-hydrogen) atoms. The lowest BCUT2D eigenvalue weighted by Crippen LogP contribution is -2.30. The molecule has 0 spiro atoms. The average Bonchev–Trinajstić information content (AvgIpc) is 3.01. The topological polar surface area (TPSA) is 83.3 Å². The Morgan fingerprint density at radius 2 is 2.10 bits per heavy atom. The molecule has 2 N–H and O–H groups in total. The Bertz CT molecular complexity index is 670. The van der Waals surface area contributed by atoms with Crippen molar-refractivity contribution in [2.24, 2.45) is 5.73 Å². The van der Waals surface area contributed by atoms with Crippen LogP contribution in [0.15, 0.2) is 40.8 Å². The fourth-order valence-electron chi connectivity index (χ4n) is 2.06. The molecule has 0 fully saturated rings. The number of carbonyl (C=O) groups is 1. The van der Waals surface area contributed by atoms with Crippen molar-refractivity contribution in [1.82, 2.24) is 4.90 Å². The first-order valence-corrected chi connectivity index (χ1v) is 6.75. The van der Waals surface area contributed by atoms with E-state index in [0.717, 1.165) is 5.56 Å². The van der Waals surface area contributed by atoms with E-state index in [-0.39, 0.29) is 18.2 Å². The number of benzene rings is 1. The van der Waals surface area contributed by atoms with Gasteiger partial charge in [0.15, 0.2) is 5.76 Å². The number of rotatable bonds is 5. The van der Waals surface area contributed by atoms with E-state index in [4.69, 9.17) is 15.4 Å². The van der Waals surface area contributed by atoms with E-state index >= 15 is 0 Å². The van der Waals surface area contributed by atoms with Crippen molar-refractivity contribution in [3.63, 3.8) is 0 Å². The van der Waals surface area contributed by atoms with Gasteiger partial charge in [-0.1, -0.05) is 18.2 Å². The molecule has 1 aromatic heterocycles. The normalized spacial score (nSPS) is 10.1. The van der Waals surface area contributed by atoms with E-state index in [1.807, 2.05) is 19.1 Å². The zero-order valence-corrected chi connectivity index (χ0v) is 11.9. The number of hydrogen-bond acceptors (Lipinski definition) is 4. The highest BCUT2D eigenvalue weighted by Crippen LogP contribution is 2.15. The Balaban J connectivity index is 2.20. The first kappa shape index (κ1) is 14.8. The van der Waals surface area contributed by atoms with Crippen LogP contribution in [0.2, 0.25) is 0 Å². The Hall–Kier alpha value is -2.58. The van der Waals surface area contributed by atoms with Gasteiger partial charge in [-0.15, -0.1) is 0 Å². The van der Waals surface area contributed by atoms with Crippen LogP contribution < -0.4 is 5.73 Å². The molecule has 0 saturated heterocycles. The predicted molar refractivity (Wildman–Crippen MR) is 78.2 cm³/mol. The molecule has 0 atom stereocenters. The quantitative estimate of drug-likeness (QED) is 0.912. The van der Waals surface area contributed by atoms with Crippen molar-refractivity contribution in [1.29, 1.82) is 5.26 Å². The Labute approximate surface area is 123 Å². The van der Waals surface area contributed by atoms with Gasteiger partial charge in [0.25, 0.3) is 5.91 Å². The van der Waals surface area contributed by atoms with Crippen molar-refractivity contribution >= 4 is 5.91 Å². The van der Waals surface area contributed by atoms with Crippen LogP contribution in [0.1, 0.15) is 34.4 Å². The molecule has 2 rings (SSSR count). The summed E-state index contributed by atoms with van der Waals surface area (Å²) in [4.78, 5) is 14.1. The third-order valence-corrected chi connectivity index (χ3v) is 3.24. The molecule has 5 nitrogen and oxygen atoms in total. The summed E-state index contributed by atoms with van der Waals surface area (Å²) in [5, 5.41) is 9.11. The van der Waals surface area contributed by atoms with E-state index in [1.165, 1.54) is 0 Å². The van der Waals surface area contributed by atoms with Crippen molar-refractivity contribution < 1.29 is 9.21 Å². The van der Waals surface area contributed by atoms with E-state index in [9.17, 15) is 4.79 Å². The number of amides is 1. The zero-order valence-electron chi connectivity index (χ0n) is 11.9. The van der Waals surface area contributed by atoms with E-state index in [0.29, 0.717) is 24.4 Å². The Morgan fingerprint density at radius 3 is 2.71 bits per heavy atom. The number of hydrogen-bond donors (Lipinski definition) is 1. The molecule has 2 aromatic rings.